The summed E-state index contributed by atoms with van der Waals surface area (Å²) in [6.07, 6.45) is 1.35. The number of carbonyl (C=O) groups excluding carboxylic acids is 3. The van der Waals surface area contributed by atoms with Gasteiger partial charge >= 0.3 is 5.97 Å². The largest absolute Gasteiger partial charge is 0.507 e. The second-order valence-corrected chi connectivity index (χ2v) is 10.4. The Morgan fingerprint density at radius 1 is 1.12 bits per heavy atom. The molecule has 0 unspecified atom stereocenters. The number of nitrogens with one attached hydrogen (secondary N) is 1. The number of fused-ring (bicyclic) bond motifs is 3. The summed E-state index contributed by atoms with van der Waals surface area (Å²) in [5.74, 6) is -4.15. The minimum Gasteiger partial charge on any atom is -0.507 e. The zero-order chi connectivity index (χ0) is 31.4. The number of aryl methyl sites for hydroxylation is 1. The number of aliphatic carboxylic acids is 1. The number of phenols is 3. The maximum Gasteiger partial charge on any atom is 0.303 e. The molecule has 3 aromatic rings. The third kappa shape index (κ3) is 4.66. The van der Waals surface area contributed by atoms with Gasteiger partial charge in [-0.3, -0.25) is 19.2 Å². The van der Waals surface area contributed by atoms with E-state index in [0.717, 1.165) is 6.08 Å². The van der Waals surface area contributed by atoms with E-state index in [1.165, 1.54) is 50.7 Å². The Hall–Kier alpha value is -5.53. The van der Waals surface area contributed by atoms with Gasteiger partial charge in [0.2, 0.25) is 5.82 Å². The van der Waals surface area contributed by atoms with Crippen LogP contribution in [0, 0.1) is 6.92 Å². The lowest BCUT2D eigenvalue weighted by molar-refractivity contribution is -0.137. The highest BCUT2D eigenvalue weighted by atomic mass is 16.5. The number of ketones is 3. The fourth-order valence-corrected chi connectivity index (χ4v) is 5.23. The van der Waals surface area contributed by atoms with Gasteiger partial charge in [0.05, 0.1) is 23.4 Å². The number of hydrogen-bond donors (Lipinski definition) is 5. The molecule has 0 amide bonds. The quantitative estimate of drug-likeness (QED) is 0.111. The fourth-order valence-electron chi connectivity index (χ4n) is 5.23. The van der Waals surface area contributed by atoms with E-state index in [9.17, 15) is 34.5 Å². The van der Waals surface area contributed by atoms with E-state index in [1.807, 2.05) is 0 Å². The number of rotatable bonds is 8. The summed E-state index contributed by atoms with van der Waals surface area (Å²) in [7, 11) is 0. The van der Waals surface area contributed by atoms with Crippen LogP contribution in [-0.4, -0.2) is 64.0 Å². The molecule has 1 atom stereocenters. The molecule has 0 spiro atoms. The predicted molar refractivity (Wildman–Crippen MR) is 149 cm³/mol. The summed E-state index contributed by atoms with van der Waals surface area (Å²) >= 11 is 0. The van der Waals surface area contributed by atoms with E-state index in [-0.39, 0.29) is 69.7 Å². The van der Waals surface area contributed by atoms with Gasteiger partial charge in [-0.05, 0) is 57.5 Å². The number of carboxylic acids is 1. The van der Waals surface area contributed by atoms with Gasteiger partial charge in [-0.1, -0.05) is 0 Å². The number of Topliss-reactive ketones (excluding diaryl/α,β-unsaturated/α-hetero) is 2. The van der Waals surface area contributed by atoms with Crippen molar-refractivity contribution in [2.75, 3.05) is 5.32 Å². The first-order valence-electron chi connectivity index (χ1n) is 13.2. The van der Waals surface area contributed by atoms with Crippen LogP contribution in [0.2, 0.25) is 0 Å². The third-order valence-corrected chi connectivity index (χ3v) is 7.54. The van der Waals surface area contributed by atoms with Gasteiger partial charge in [-0.2, -0.15) is 4.80 Å². The predicted octanol–water partition coefficient (Wildman–Crippen LogP) is 2.90. The molecular formula is C29H27N5O9. The van der Waals surface area contributed by atoms with E-state index in [1.54, 1.807) is 0 Å². The van der Waals surface area contributed by atoms with Crippen molar-refractivity contribution >= 4 is 29.0 Å². The molecule has 14 heteroatoms. The van der Waals surface area contributed by atoms with Crippen molar-refractivity contribution in [2.24, 2.45) is 0 Å². The smallest absolute Gasteiger partial charge is 0.303 e. The zero-order valence-electron chi connectivity index (χ0n) is 23.5. The fraction of sp³-hybridized carbons (Fsp3) is 0.276. The van der Waals surface area contributed by atoms with Gasteiger partial charge in [-0.15, -0.1) is 10.2 Å². The Morgan fingerprint density at radius 3 is 2.51 bits per heavy atom. The van der Waals surface area contributed by atoms with Crippen molar-refractivity contribution in [2.45, 2.75) is 52.5 Å². The average molecular weight is 590 g/mol. The first-order chi connectivity index (χ1) is 20.2. The van der Waals surface area contributed by atoms with Gasteiger partial charge in [-0.25, -0.2) is 0 Å². The first kappa shape index (κ1) is 29.0. The van der Waals surface area contributed by atoms with Crippen LogP contribution in [0.1, 0.15) is 55.1 Å². The summed E-state index contributed by atoms with van der Waals surface area (Å²) < 4.78 is 5.78. The molecule has 2 aliphatic rings. The van der Waals surface area contributed by atoms with Crippen LogP contribution in [0.5, 0.6) is 23.0 Å². The molecule has 5 N–H and O–H groups in total. The Morgan fingerprint density at radius 2 is 1.84 bits per heavy atom. The molecular weight excluding hydrogens is 562 g/mol. The SMILES string of the molecule is CC(=O)c1c(O)c(C)c(O)c2c1OC1=CC(=O)/C(=C(/C)Nc3cc(-c4nnn(CCCC(=O)O)n4)ccc3O)C(=O)[C@@]12C. The lowest BCUT2D eigenvalue weighted by atomic mass is 9.70. The Balaban J connectivity index is 1.51. The number of carboxylic acid groups (broad SMARTS) is 1. The second-order valence-electron chi connectivity index (χ2n) is 10.4. The van der Waals surface area contributed by atoms with E-state index in [0.29, 0.717) is 12.0 Å². The van der Waals surface area contributed by atoms with Crippen molar-refractivity contribution in [3.05, 3.63) is 58.0 Å². The van der Waals surface area contributed by atoms with Gasteiger partial charge < -0.3 is 30.5 Å². The minimum absolute atomic E-state index is 0.0192. The zero-order valence-corrected chi connectivity index (χ0v) is 23.5. The number of aromatic nitrogens is 4. The van der Waals surface area contributed by atoms with Gasteiger partial charge in [0.1, 0.15) is 39.7 Å². The lowest BCUT2D eigenvalue weighted by Crippen LogP contribution is -2.40. The maximum atomic E-state index is 14.0. The topological polar surface area (TPSA) is 214 Å². The van der Waals surface area contributed by atoms with Crippen molar-refractivity contribution in [1.82, 2.24) is 20.2 Å². The number of nitrogens with zero attached hydrogens (tertiary/aromatic N) is 4. The van der Waals surface area contributed by atoms with E-state index < -0.39 is 40.2 Å². The normalized spacial score (nSPS) is 18.5. The number of carbonyl (C=O) groups is 4. The minimum atomic E-state index is -1.69. The third-order valence-electron chi connectivity index (χ3n) is 7.54. The number of benzene rings is 2. The van der Waals surface area contributed by atoms with Crippen LogP contribution in [0.4, 0.5) is 5.69 Å². The van der Waals surface area contributed by atoms with E-state index >= 15 is 0 Å². The summed E-state index contributed by atoms with van der Waals surface area (Å²) in [6.45, 7) is 5.76. The standard InChI is InChI=1S/C29H27N5O9/c1-12-24(40)22(14(3)35)26-23(25(12)41)29(4)19(43-26)11-18(37)21(27(29)42)13(2)30-16-10-15(7-8-17(16)36)28-31-33-34(32-28)9-5-6-20(38)39/h7-8,10-11,30,36,40-41H,5-6,9H2,1-4H3,(H,38,39)/b21-13+/t29-/m0/s1. The molecule has 14 nitrogen and oxygen atoms in total. The van der Waals surface area contributed by atoms with Crippen molar-refractivity contribution in [1.29, 1.82) is 0 Å². The molecule has 43 heavy (non-hydrogen) atoms. The number of tetrazole rings is 1. The molecule has 2 aromatic carbocycles. The molecule has 0 bridgehead atoms. The summed E-state index contributed by atoms with van der Waals surface area (Å²) in [5.41, 5.74) is -1.59. The van der Waals surface area contributed by atoms with Crippen LogP contribution in [-0.2, 0) is 26.3 Å². The highest BCUT2D eigenvalue weighted by Crippen LogP contribution is 2.57. The van der Waals surface area contributed by atoms with Crippen LogP contribution in [0.15, 0.2) is 41.3 Å². The van der Waals surface area contributed by atoms with Crippen LogP contribution < -0.4 is 10.1 Å². The molecule has 0 saturated carbocycles. The average Bonchev–Trinajstić information content (AvgIpc) is 3.51. The molecule has 222 valence electrons. The number of hydrogen-bond acceptors (Lipinski definition) is 12. The summed E-state index contributed by atoms with van der Waals surface area (Å²) in [5, 5.41) is 55.9. The van der Waals surface area contributed by atoms with Crippen molar-refractivity contribution < 1.29 is 44.3 Å². The van der Waals surface area contributed by atoms with E-state index in [2.05, 4.69) is 20.7 Å². The number of aromatic hydroxyl groups is 3. The monoisotopic (exact) mass is 589 g/mol. The lowest BCUT2D eigenvalue weighted by Gasteiger charge is -2.29. The number of phenolic OH excluding ortho intramolecular Hbond substituents is 3. The Bertz CT molecular complexity index is 1820. The number of allylic oxidation sites excluding steroid dienone is 4. The van der Waals surface area contributed by atoms with Crippen LogP contribution in [0.25, 0.3) is 11.4 Å². The number of ether oxygens (including phenoxy) is 1. The number of anilines is 1. The summed E-state index contributed by atoms with van der Waals surface area (Å²) in [6, 6.07) is 4.39. The van der Waals surface area contributed by atoms with Gasteiger partial charge in [0, 0.05) is 29.3 Å². The first-order valence-corrected chi connectivity index (χ1v) is 13.2. The van der Waals surface area contributed by atoms with Gasteiger partial charge in [0.25, 0.3) is 0 Å². The Labute approximate surface area is 243 Å². The molecule has 0 saturated heterocycles. The highest BCUT2D eigenvalue weighted by molar-refractivity contribution is 6.31. The van der Waals surface area contributed by atoms with Crippen LogP contribution >= 0.6 is 0 Å². The molecule has 1 aromatic heterocycles. The molecule has 0 radical (unpaired) electrons. The van der Waals surface area contributed by atoms with E-state index in [4.69, 9.17) is 9.84 Å². The molecule has 5 rings (SSSR count). The van der Waals surface area contributed by atoms with Gasteiger partial charge in [0.15, 0.2) is 17.3 Å². The second kappa shape index (κ2) is 10.4. The molecule has 2 heterocycles. The van der Waals surface area contributed by atoms with Crippen molar-refractivity contribution in [3.63, 3.8) is 0 Å². The molecule has 0 fully saturated rings. The highest BCUT2D eigenvalue weighted by Gasteiger charge is 2.56. The molecule has 1 aliphatic heterocycles. The Kier molecular flexibility index (Phi) is 7.00. The van der Waals surface area contributed by atoms with Crippen LogP contribution in [0.3, 0.4) is 0 Å². The summed E-state index contributed by atoms with van der Waals surface area (Å²) in [4.78, 5) is 51.7. The molecule has 1 aliphatic carbocycles. The van der Waals surface area contributed by atoms with Crippen molar-refractivity contribution in [3.8, 4) is 34.4 Å². The maximum absolute atomic E-state index is 14.0.